The van der Waals surface area contributed by atoms with Crippen LogP contribution in [0.3, 0.4) is 0 Å². The number of nitrogens with one attached hydrogen (secondary N) is 1. The van der Waals surface area contributed by atoms with Crippen molar-refractivity contribution in [2.24, 2.45) is 5.92 Å². The lowest BCUT2D eigenvalue weighted by Crippen LogP contribution is -2.42. The van der Waals surface area contributed by atoms with Crippen molar-refractivity contribution in [1.29, 1.82) is 0 Å². The molecule has 0 spiro atoms. The monoisotopic (exact) mass is 372 g/mol. The molecule has 2 heterocycles. The Morgan fingerprint density at radius 1 is 1.19 bits per heavy atom. The molecule has 1 amide bonds. The second-order valence-electron chi connectivity index (χ2n) is 7.10. The molecule has 26 heavy (non-hydrogen) atoms. The number of aliphatic hydroxyl groups is 1. The summed E-state index contributed by atoms with van der Waals surface area (Å²) >= 11 is 1.70. The first-order valence-corrected chi connectivity index (χ1v) is 10.3. The first-order valence-electron chi connectivity index (χ1n) is 9.42. The molecule has 5 heteroatoms. The van der Waals surface area contributed by atoms with Crippen LogP contribution in [-0.4, -0.2) is 48.7 Å². The van der Waals surface area contributed by atoms with E-state index < -0.39 is 0 Å². The lowest BCUT2D eigenvalue weighted by atomic mass is 9.89. The molecule has 1 aromatic carbocycles. The summed E-state index contributed by atoms with van der Waals surface area (Å²) in [5.74, 6) is 0.759. The van der Waals surface area contributed by atoms with Crippen LogP contribution in [0.4, 0.5) is 0 Å². The molecular weight excluding hydrogens is 344 g/mol. The maximum atomic E-state index is 12.3. The zero-order valence-corrected chi connectivity index (χ0v) is 16.0. The zero-order chi connectivity index (χ0) is 18.2. The average Bonchev–Trinajstić information content (AvgIpc) is 3.19. The number of aliphatic hydroxyl groups excluding tert-OH is 1. The fourth-order valence-electron chi connectivity index (χ4n) is 3.58. The molecule has 1 aliphatic heterocycles. The fourth-order valence-corrected chi connectivity index (χ4v) is 4.40. The Balaban J connectivity index is 1.37. The molecule has 2 aromatic rings. The highest BCUT2D eigenvalue weighted by atomic mass is 32.1. The molecule has 2 N–H and O–H groups in total. The van der Waals surface area contributed by atoms with Crippen molar-refractivity contribution in [3.8, 4) is 0 Å². The molecule has 1 aromatic heterocycles. The summed E-state index contributed by atoms with van der Waals surface area (Å²) < 4.78 is 0. The van der Waals surface area contributed by atoms with Gasteiger partial charge in [0, 0.05) is 23.9 Å². The Labute approximate surface area is 159 Å². The third kappa shape index (κ3) is 5.66. The van der Waals surface area contributed by atoms with Gasteiger partial charge in [0.25, 0.3) is 0 Å². The molecule has 1 saturated heterocycles. The summed E-state index contributed by atoms with van der Waals surface area (Å²) in [4.78, 5) is 15.7. The lowest BCUT2D eigenvalue weighted by Gasteiger charge is -2.31. The van der Waals surface area contributed by atoms with Gasteiger partial charge in [0.2, 0.25) is 5.91 Å². The third-order valence-electron chi connectivity index (χ3n) is 5.14. The Hall–Kier alpha value is -1.69. The molecule has 0 unspecified atom stereocenters. The number of nitrogens with zero attached hydrogens (tertiary/aromatic N) is 1. The van der Waals surface area contributed by atoms with E-state index in [2.05, 4.69) is 46.6 Å². The summed E-state index contributed by atoms with van der Waals surface area (Å²) in [6.07, 6.45) is 3.03. The fraction of sp³-hybridized carbons (Fsp3) is 0.476. The van der Waals surface area contributed by atoms with Crippen LogP contribution in [0.5, 0.6) is 0 Å². The number of rotatable bonds is 8. The predicted octanol–water partition coefficient (Wildman–Crippen LogP) is 2.89. The number of thiophene rings is 1. The maximum Gasteiger partial charge on any atom is 0.234 e. The summed E-state index contributed by atoms with van der Waals surface area (Å²) in [6, 6.07) is 14.8. The van der Waals surface area contributed by atoms with E-state index >= 15 is 0 Å². The highest BCUT2D eigenvalue weighted by Crippen LogP contribution is 2.27. The number of benzene rings is 1. The molecule has 3 rings (SSSR count). The van der Waals surface area contributed by atoms with Gasteiger partial charge in [-0.1, -0.05) is 36.4 Å². The van der Waals surface area contributed by atoms with E-state index in [0.29, 0.717) is 19.0 Å². The van der Waals surface area contributed by atoms with E-state index in [4.69, 9.17) is 0 Å². The molecule has 1 fully saturated rings. The number of likely N-dealkylation sites (tertiary alicyclic amines) is 1. The van der Waals surface area contributed by atoms with Gasteiger partial charge in [0.15, 0.2) is 0 Å². The maximum absolute atomic E-state index is 12.3. The van der Waals surface area contributed by atoms with E-state index in [1.807, 2.05) is 11.4 Å². The molecular formula is C21H28N2O2S. The Morgan fingerprint density at radius 2 is 1.96 bits per heavy atom. The minimum Gasteiger partial charge on any atom is -0.396 e. The van der Waals surface area contributed by atoms with Crippen LogP contribution >= 0.6 is 11.3 Å². The van der Waals surface area contributed by atoms with Crippen LogP contribution < -0.4 is 5.32 Å². The minimum absolute atomic E-state index is 0.0628. The van der Waals surface area contributed by atoms with Crippen LogP contribution in [0.25, 0.3) is 0 Å². The SMILES string of the molecule is O=C(CN1CCC(c2ccccc2)CC1)NC[C@@H](CO)Cc1cccs1. The number of carbonyl (C=O) groups is 1. The topological polar surface area (TPSA) is 52.6 Å². The number of carbonyl (C=O) groups excluding carboxylic acids is 1. The smallest absolute Gasteiger partial charge is 0.234 e. The van der Waals surface area contributed by atoms with Crippen molar-refractivity contribution >= 4 is 17.2 Å². The largest absolute Gasteiger partial charge is 0.396 e. The Kier molecular flexibility index (Phi) is 7.23. The molecule has 1 atom stereocenters. The van der Waals surface area contributed by atoms with Gasteiger partial charge in [0.05, 0.1) is 6.54 Å². The second-order valence-corrected chi connectivity index (χ2v) is 8.13. The first kappa shape index (κ1) is 19.1. The van der Waals surface area contributed by atoms with Gasteiger partial charge >= 0.3 is 0 Å². The van der Waals surface area contributed by atoms with Crippen LogP contribution in [0.15, 0.2) is 47.8 Å². The van der Waals surface area contributed by atoms with Crippen molar-refractivity contribution < 1.29 is 9.90 Å². The Bertz CT molecular complexity index is 652. The zero-order valence-electron chi connectivity index (χ0n) is 15.1. The Morgan fingerprint density at radius 3 is 2.62 bits per heavy atom. The lowest BCUT2D eigenvalue weighted by molar-refractivity contribution is -0.122. The van der Waals surface area contributed by atoms with Gasteiger partial charge in [-0.2, -0.15) is 0 Å². The van der Waals surface area contributed by atoms with Crippen LogP contribution in [0.1, 0.15) is 29.2 Å². The molecule has 0 bridgehead atoms. The normalized spacial score (nSPS) is 17.1. The van der Waals surface area contributed by atoms with E-state index in [0.717, 1.165) is 32.4 Å². The second kappa shape index (κ2) is 9.86. The van der Waals surface area contributed by atoms with Crippen molar-refractivity contribution in [1.82, 2.24) is 10.2 Å². The van der Waals surface area contributed by atoms with Crippen LogP contribution in [0, 0.1) is 5.92 Å². The van der Waals surface area contributed by atoms with E-state index in [-0.39, 0.29) is 18.4 Å². The molecule has 4 nitrogen and oxygen atoms in total. The first-order chi connectivity index (χ1) is 12.7. The van der Waals surface area contributed by atoms with Crippen molar-refractivity contribution in [2.75, 3.05) is 32.8 Å². The van der Waals surface area contributed by atoms with E-state index in [9.17, 15) is 9.90 Å². The molecule has 0 aliphatic carbocycles. The van der Waals surface area contributed by atoms with E-state index in [1.165, 1.54) is 10.4 Å². The summed E-state index contributed by atoms with van der Waals surface area (Å²) in [5.41, 5.74) is 1.41. The summed E-state index contributed by atoms with van der Waals surface area (Å²) in [5, 5.41) is 14.6. The minimum atomic E-state index is 0.0628. The molecule has 1 aliphatic rings. The highest BCUT2D eigenvalue weighted by molar-refractivity contribution is 7.09. The van der Waals surface area contributed by atoms with Crippen molar-refractivity contribution in [3.63, 3.8) is 0 Å². The van der Waals surface area contributed by atoms with E-state index in [1.54, 1.807) is 11.3 Å². The number of hydrogen-bond donors (Lipinski definition) is 2. The van der Waals surface area contributed by atoms with Gasteiger partial charge < -0.3 is 10.4 Å². The van der Waals surface area contributed by atoms with Crippen molar-refractivity contribution in [2.45, 2.75) is 25.2 Å². The van der Waals surface area contributed by atoms with Crippen LogP contribution in [-0.2, 0) is 11.2 Å². The van der Waals surface area contributed by atoms with Gasteiger partial charge in [-0.05, 0) is 55.3 Å². The molecule has 0 saturated carbocycles. The van der Waals surface area contributed by atoms with Gasteiger partial charge in [-0.25, -0.2) is 0 Å². The quantitative estimate of drug-likeness (QED) is 0.749. The number of hydrogen-bond acceptors (Lipinski definition) is 4. The molecule has 0 radical (unpaired) electrons. The highest BCUT2D eigenvalue weighted by Gasteiger charge is 2.22. The summed E-state index contributed by atoms with van der Waals surface area (Å²) in [7, 11) is 0. The van der Waals surface area contributed by atoms with Gasteiger partial charge in [-0.3, -0.25) is 9.69 Å². The number of piperidine rings is 1. The van der Waals surface area contributed by atoms with Crippen LogP contribution in [0.2, 0.25) is 0 Å². The standard InChI is InChI=1S/C21H28N2O2S/c24-16-17(13-20-7-4-12-26-20)14-22-21(25)15-23-10-8-19(9-11-23)18-5-2-1-3-6-18/h1-7,12,17,19,24H,8-11,13-16H2,(H,22,25)/t17-/m0/s1. The average molecular weight is 373 g/mol. The predicted molar refractivity (Wildman–Crippen MR) is 106 cm³/mol. The van der Waals surface area contributed by atoms with Gasteiger partial charge in [-0.15, -0.1) is 11.3 Å². The summed E-state index contributed by atoms with van der Waals surface area (Å²) in [6.45, 7) is 3.02. The molecule has 140 valence electrons. The van der Waals surface area contributed by atoms with Crippen molar-refractivity contribution in [3.05, 3.63) is 58.3 Å². The number of amides is 1. The van der Waals surface area contributed by atoms with Gasteiger partial charge in [0.1, 0.15) is 0 Å². The third-order valence-corrected chi connectivity index (χ3v) is 6.04.